The lowest BCUT2D eigenvalue weighted by Gasteiger charge is -2.17. The van der Waals surface area contributed by atoms with E-state index in [1.807, 2.05) is 30.3 Å². The van der Waals surface area contributed by atoms with Crippen molar-refractivity contribution in [3.05, 3.63) is 42.0 Å². The van der Waals surface area contributed by atoms with Gasteiger partial charge in [0.1, 0.15) is 14.1 Å². The monoisotopic (exact) mass is 296 g/mol. The van der Waals surface area contributed by atoms with Crippen LogP contribution in [0.5, 0.6) is 0 Å². The molecular formula is C13H16N2O2S2. The molecule has 1 aromatic heterocycles. The summed E-state index contributed by atoms with van der Waals surface area (Å²) < 4.78 is 19.7. The van der Waals surface area contributed by atoms with E-state index in [9.17, 15) is 9.32 Å². The van der Waals surface area contributed by atoms with Gasteiger partial charge in [0, 0.05) is 10.4 Å². The van der Waals surface area contributed by atoms with E-state index in [2.05, 4.69) is 0 Å². The van der Waals surface area contributed by atoms with Gasteiger partial charge in [0.2, 0.25) is 0 Å². The van der Waals surface area contributed by atoms with Gasteiger partial charge in [-0.25, -0.2) is 14.1 Å². The molecule has 0 fully saturated rings. The zero-order valence-electron chi connectivity index (χ0n) is 10.7. The molecule has 0 saturated carbocycles. The Morgan fingerprint density at radius 1 is 1.32 bits per heavy atom. The smallest absolute Gasteiger partial charge is 0.142 e. The molecule has 1 atom stereocenters. The molecule has 4 N–H and O–H groups in total. The second kappa shape index (κ2) is 4.72. The summed E-state index contributed by atoms with van der Waals surface area (Å²) in [5.74, 6) is 0. The maximum absolute atomic E-state index is 11.8. The Labute approximate surface area is 117 Å². The summed E-state index contributed by atoms with van der Waals surface area (Å²) in [5, 5.41) is 15.6. The number of benzene rings is 1. The van der Waals surface area contributed by atoms with Crippen LogP contribution in [0.15, 0.2) is 40.6 Å². The first-order chi connectivity index (χ1) is 8.69. The SMILES string of the molecule is CC(C)(O)c1cc(-c2ccccc2)sc1S(=N)(N)=O. The van der Waals surface area contributed by atoms with Gasteiger partial charge in [0.15, 0.2) is 0 Å². The van der Waals surface area contributed by atoms with E-state index in [0.717, 1.165) is 10.4 Å². The summed E-state index contributed by atoms with van der Waals surface area (Å²) >= 11 is 1.20. The predicted octanol–water partition coefficient (Wildman–Crippen LogP) is 2.92. The normalized spacial score (nSPS) is 15.2. The molecule has 2 rings (SSSR count). The number of nitrogens with two attached hydrogens (primary N) is 1. The molecule has 0 aliphatic rings. The van der Waals surface area contributed by atoms with Gasteiger partial charge in [-0.1, -0.05) is 30.3 Å². The summed E-state index contributed by atoms with van der Waals surface area (Å²) in [6, 6.07) is 11.3. The molecule has 6 heteroatoms. The van der Waals surface area contributed by atoms with Crippen LogP contribution < -0.4 is 5.14 Å². The van der Waals surface area contributed by atoms with Crippen LogP contribution in [-0.4, -0.2) is 9.32 Å². The van der Waals surface area contributed by atoms with E-state index in [4.69, 9.17) is 9.92 Å². The Balaban J connectivity index is 2.66. The summed E-state index contributed by atoms with van der Waals surface area (Å²) in [6.07, 6.45) is 0. The molecule has 1 unspecified atom stereocenters. The van der Waals surface area contributed by atoms with Crippen molar-refractivity contribution in [1.29, 1.82) is 4.78 Å². The molecule has 19 heavy (non-hydrogen) atoms. The van der Waals surface area contributed by atoms with E-state index in [-0.39, 0.29) is 4.21 Å². The Morgan fingerprint density at radius 2 is 1.89 bits per heavy atom. The van der Waals surface area contributed by atoms with Gasteiger partial charge < -0.3 is 5.11 Å². The van der Waals surface area contributed by atoms with E-state index in [0.29, 0.717) is 5.56 Å². The van der Waals surface area contributed by atoms with Crippen molar-refractivity contribution in [2.75, 3.05) is 0 Å². The number of thiophene rings is 1. The highest BCUT2D eigenvalue weighted by Gasteiger charge is 2.27. The second-order valence-electron chi connectivity index (χ2n) is 4.84. The average Bonchev–Trinajstić information content (AvgIpc) is 2.74. The van der Waals surface area contributed by atoms with E-state index in [1.165, 1.54) is 11.3 Å². The van der Waals surface area contributed by atoms with E-state index in [1.54, 1.807) is 19.9 Å². The highest BCUT2D eigenvalue weighted by molar-refractivity contribution is 7.92. The summed E-state index contributed by atoms with van der Waals surface area (Å²) in [6.45, 7) is 3.19. The van der Waals surface area contributed by atoms with E-state index < -0.39 is 15.5 Å². The van der Waals surface area contributed by atoms with Crippen LogP contribution in [0.4, 0.5) is 0 Å². The molecule has 0 bridgehead atoms. The highest BCUT2D eigenvalue weighted by atomic mass is 32.2. The number of aliphatic hydroxyl groups is 1. The lowest BCUT2D eigenvalue weighted by atomic mass is 10.0. The fourth-order valence-corrected chi connectivity index (χ4v) is 4.22. The fourth-order valence-electron chi connectivity index (χ4n) is 1.77. The third-order valence-electron chi connectivity index (χ3n) is 2.69. The summed E-state index contributed by atoms with van der Waals surface area (Å²) in [5.41, 5.74) is 0.230. The van der Waals surface area contributed by atoms with Crippen molar-refractivity contribution in [1.82, 2.24) is 0 Å². The average molecular weight is 296 g/mol. The highest BCUT2D eigenvalue weighted by Crippen LogP contribution is 2.38. The number of rotatable bonds is 3. The molecule has 1 heterocycles. The minimum Gasteiger partial charge on any atom is -0.386 e. The first kappa shape index (κ1) is 14.2. The molecule has 0 aliphatic heterocycles. The van der Waals surface area contributed by atoms with Crippen LogP contribution in [0, 0.1) is 4.78 Å². The van der Waals surface area contributed by atoms with Gasteiger partial charge >= 0.3 is 0 Å². The van der Waals surface area contributed by atoms with Crippen molar-refractivity contribution in [2.45, 2.75) is 23.7 Å². The standard InChI is InChI=1S/C13H16N2O2S2/c1-13(2,16)10-8-11(9-6-4-3-5-7-9)18-12(10)19(14,15)17/h3-8,16H,1-2H3,(H3,14,15,17). The molecule has 4 nitrogen and oxygen atoms in total. The van der Waals surface area contributed by atoms with Gasteiger partial charge in [0.25, 0.3) is 0 Å². The Kier molecular flexibility index (Phi) is 3.53. The molecule has 0 spiro atoms. The van der Waals surface area contributed by atoms with Crippen LogP contribution in [0.2, 0.25) is 0 Å². The van der Waals surface area contributed by atoms with Crippen molar-refractivity contribution < 1.29 is 9.32 Å². The third kappa shape index (κ3) is 3.03. The number of hydrogen-bond donors (Lipinski definition) is 3. The summed E-state index contributed by atoms with van der Waals surface area (Å²) in [4.78, 5) is 0.846. The second-order valence-corrected chi connectivity index (χ2v) is 7.76. The van der Waals surface area contributed by atoms with Gasteiger partial charge in [0.05, 0.1) is 5.60 Å². The van der Waals surface area contributed by atoms with Crippen LogP contribution in [0.1, 0.15) is 19.4 Å². The molecule has 0 radical (unpaired) electrons. The quantitative estimate of drug-likeness (QED) is 0.813. The molecule has 102 valence electrons. The zero-order valence-corrected chi connectivity index (χ0v) is 12.3. The van der Waals surface area contributed by atoms with Crippen LogP contribution >= 0.6 is 11.3 Å². The maximum atomic E-state index is 11.8. The Bertz CT molecular complexity index is 683. The van der Waals surface area contributed by atoms with Crippen LogP contribution in [0.25, 0.3) is 10.4 Å². The van der Waals surface area contributed by atoms with E-state index >= 15 is 0 Å². The molecule has 0 aliphatic carbocycles. The number of nitrogens with one attached hydrogen (secondary N) is 1. The first-order valence-corrected chi connectivity index (χ1v) is 8.12. The predicted molar refractivity (Wildman–Crippen MR) is 78.3 cm³/mol. The Hall–Kier alpha value is -1.21. The fraction of sp³-hybridized carbons (Fsp3) is 0.231. The topological polar surface area (TPSA) is 87.2 Å². The van der Waals surface area contributed by atoms with Crippen molar-refractivity contribution >= 4 is 21.3 Å². The molecule has 1 aromatic carbocycles. The van der Waals surface area contributed by atoms with Crippen molar-refractivity contribution in [2.24, 2.45) is 5.14 Å². The molecular weight excluding hydrogens is 280 g/mol. The molecule has 2 aromatic rings. The minimum absolute atomic E-state index is 0.235. The molecule has 0 saturated heterocycles. The van der Waals surface area contributed by atoms with Crippen LogP contribution in [-0.2, 0) is 15.5 Å². The van der Waals surface area contributed by atoms with Crippen LogP contribution in [0.3, 0.4) is 0 Å². The first-order valence-electron chi connectivity index (χ1n) is 5.68. The zero-order chi connectivity index (χ0) is 14.3. The van der Waals surface area contributed by atoms with Crippen molar-refractivity contribution in [3.8, 4) is 10.4 Å². The van der Waals surface area contributed by atoms with Gasteiger partial charge in [-0.05, 0) is 25.5 Å². The lowest BCUT2D eigenvalue weighted by Crippen LogP contribution is -2.20. The van der Waals surface area contributed by atoms with Gasteiger partial charge in [-0.3, -0.25) is 0 Å². The largest absolute Gasteiger partial charge is 0.386 e. The lowest BCUT2D eigenvalue weighted by molar-refractivity contribution is 0.0764. The maximum Gasteiger partial charge on any atom is 0.142 e. The van der Waals surface area contributed by atoms with Gasteiger partial charge in [-0.2, -0.15) is 0 Å². The van der Waals surface area contributed by atoms with Crippen molar-refractivity contribution in [3.63, 3.8) is 0 Å². The van der Waals surface area contributed by atoms with Gasteiger partial charge in [-0.15, -0.1) is 11.3 Å². The minimum atomic E-state index is -3.35. The third-order valence-corrected chi connectivity index (χ3v) is 5.43. The Morgan fingerprint density at radius 3 is 2.32 bits per heavy atom. The number of hydrogen-bond acceptors (Lipinski definition) is 4. The molecule has 0 amide bonds. The summed E-state index contributed by atoms with van der Waals surface area (Å²) in [7, 11) is -3.35.